The van der Waals surface area contributed by atoms with Crippen molar-refractivity contribution in [2.75, 3.05) is 44.1 Å². The lowest BCUT2D eigenvalue weighted by Crippen LogP contribution is -2.35. The van der Waals surface area contributed by atoms with E-state index in [0.717, 1.165) is 18.9 Å². The summed E-state index contributed by atoms with van der Waals surface area (Å²) in [6.45, 7) is 6.37. The van der Waals surface area contributed by atoms with Crippen molar-refractivity contribution in [3.8, 4) is 5.75 Å². The molecule has 1 aromatic carbocycles. The second-order valence-corrected chi connectivity index (χ2v) is 7.93. The van der Waals surface area contributed by atoms with E-state index in [4.69, 9.17) is 4.74 Å². The second-order valence-electron chi connectivity index (χ2n) is 6.90. The number of likely N-dealkylation sites (N-methyl/N-ethyl adjacent to an activating group) is 1. The van der Waals surface area contributed by atoms with Gasteiger partial charge in [-0.1, -0.05) is 19.9 Å². The molecule has 1 aliphatic heterocycles. The third kappa shape index (κ3) is 5.79. The van der Waals surface area contributed by atoms with E-state index in [1.165, 1.54) is 23.6 Å². The van der Waals surface area contributed by atoms with Gasteiger partial charge in [-0.3, -0.25) is 0 Å². The number of hydrogen-bond donors (Lipinski definition) is 1. The van der Waals surface area contributed by atoms with Crippen molar-refractivity contribution in [2.45, 2.75) is 26.3 Å². The van der Waals surface area contributed by atoms with Gasteiger partial charge in [-0.25, -0.2) is 0 Å². The summed E-state index contributed by atoms with van der Waals surface area (Å²) in [6, 6.07) is 8.89. The molecule has 1 unspecified atom stereocenters. The molecule has 0 amide bonds. The van der Waals surface area contributed by atoms with Gasteiger partial charge in [0.2, 0.25) is 0 Å². The Bertz CT molecular complexity index is 448. The molecule has 1 atom stereocenters. The Morgan fingerprint density at radius 3 is 2.90 bits per heavy atom. The predicted molar refractivity (Wildman–Crippen MR) is 93.6 cm³/mol. The third-order valence-corrected chi connectivity index (χ3v) is 5.25. The molecule has 0 bridgehead atoms. The molecular weight excluding hydrogens is 280 g/mol. The van der Waals surface area contributed by atoms with E-state index in [2.05, 4.69) is 68.1 Å². The van der Waals surface area contributed by atoms with Crippen molar-refractivity contribution >= 4 is 17.4 Å². The average molecular weight is 308 g/mol. The van der Waals surface area contributed by atoms with Crippen molar-refractivity contribution < 1.29 is 4.74 Å². The minimum Gasteiger partial charge on any atom is -0.492 e. The number of thioether (sulfide) groups is 1. The highest BCUT2D eigenvalue weighted by Crippen LogP contribution is 2.35. The van der Waals surface area contributed by atoms with Crippen LogP contribution in [-0.4, -0.2) is 49.7 Å². The molecule has 1 N–H and O–H groups in total. The number of hydrogen-bond acceptors (Lipinski definition) is 4. The van der Waals surface area contributed by atoms with E-state index in [1.807, 2.05) is 6.07 Å². The first-order valence-corrected chi connectivity index (χ1v) is 8.82. The largest absolute Gasteiger partial charge is 0.492 e. The van der Waals surface area contributed by atoms with Crippen LogP contribution in [0, 0.1) is 5.41 Å². The van der Waals surface area contributed by atoms with E-state index < -0.39 is 0 Å². The number of ether oxygens (including phenoxy) is 1. The van der Waals surface area contributed by atoms with E-state index in [-0.39, 0.29) is 0 Å². The quantitative estimate of drug-likeness (QED) is 0.868. The molecule has 4 heteroatoms. The van der Waals surface area contributed by atoms with Crippen molar-refractivity contribution in [2.24, 2.45) is 5.41 Å². The Kier molecular flexibility index (Phi) is 5.82. The van der Waals surface area contributed by atoms with E-state index >= 15 is 0 Å². The average Bonchev–Trinajstić information content (AvgIpc) is 2.37. The van der Waals surface area contributed by atoms with Gasteiger partial charge in [0.25, 0.3) is 0 Å². The number of rotatable bonds is 6. The van der Waals surface area contributed by atoms with Crippen LogP contribution in [0.15, 0.2) is 24.3 Å². The molecule has 1 aliphatic rings. The minimum atomic E-state index is 0.431. The molecule has 2 rings (SSSR count). The molecule has 118 valence electrons. The zero-order chi connectivity index (χ0) is 15.3. The van der Waals surface area contributed by atoms with Gasteiger partial charge in [0.15, 0.2) is 0 Å². The first-order chi connectivity index (χ1) is 9.94. The molecule has 0 aliphatic carbocycles. The summed E-state index contributed by atoms with van der Waals surface area (Å²) in [5.74, 6) is 3.40. The van der Waals surface area contributed by atoms with Gasteiger partial charge >= 0.3 is 0 Å². The standard InChI is InChI=1S/C17H28N2OS/c1-17(2)11-15(12-21-13-17)18-14-6-5-7-16(10-14)20-9-8-19(3)4/h5-7,10,15,18H,8-9,11-13H2,1-4H3. The Morgan fingerprint density at radius 2 is 2.19 bits per heavy atom. The van der Waals surface area contributed by atoms with Crippen molar-refractivity contribution in [1.29, 1.82) is 0 Å². The molecule has 0 aromatic heterocycles. The fourth-order valence-electron chi connectivity index (χ4n) is 2.61. The van der Waals surface area contributed by atoms with Gasteiger partial charge in [0, 0.05) is 30.1 Å². The fraction of sp³-hybridized carbons (Fsp3) is 0.647. The molecule has 0 radical (unpaired) electrons. The highest BCUT2D eigenvalue weighted by Gasteiger charge is 2.28. The monoisotopic (exact) mass is 308 g/mol. The Morgan fingerprint density at radius 1 is 1.38 bits per heavy atom. The minimum absolute atomic E-state index is 0.431. The maximum Gasteiger partial charge on any atom is 0.121 e. The normalized spacial score (nSPS) is 21.3. The molecule has 0 saturated carbocycles. The highest BCUT2D eigenvalue weighted by atomic mass is 32.2. The van der Waals surface area contributed by atoms with Gasteiger partial charge in [-0.2, -0.15) is 11.8 Å². The van der Waals surface area contributed by atoms with Gasteiger partial charge in [-0.15, -0.1) is 0 Å². The van der Waals surface area contributed by atoms with E-state index in [0.29, 0.717) is 11.5 Å². The van der Waals surface area contributed by atoms with Crippen LogP contribution in [0.25, 0.3) is 0 Å². The summed E-state index contributed by atoms with van der Waals surface area (Å²) >= 11 is 2.05. The van der Waals surface area contributed by atoms with Crippen LogP contribution in [0.5, 0.6) is 5.75 Å². The van der Waals surface area contributed by atoms with Crippen LogP contribution in [0.2, 0.25) is 0 Å². The van der Waals surface area contributed by atoms with Crippen LogP contribution in [-0.2, 0) is 0 Å². The molecule has 1 fully saturated rings. The van der Waals surface area contributed by atoms with Gasteiger partial charge < -0.3 is 15.0 Å². The summed E-state index contributed by atoms with van der Waals surface area (Å²) in [6.07, 6.45) is 1.23. The van der Waals surface area contributed by atoms with Crippen molar-refractivity contribution in [1.82, 2.24) is 4.90 Å². The summed E-state index contributed by atoms with van der Waals surface area (Å²) in [5.41, 5.74) is 1.60. The van der Waals surface area contributed by atoms with Crippen molar-refractivity contribution in [3.63, 3.8) is 0 Å². The first-order valence-electron chi connectivity index (χ1n) is 7.66. The summed E-state index contributed by atoms with van der Waals surface area (Å²) in [4.78, 5) is 2.13. The van der Waals surface area contributed by atoms with Gasteiger partial charge in [-0.05, 0) is 43.8 Å². The SMILES string of the molecule is CN(C)CCOc1cccc(NC2CSCC(C)(C)C2)c1. The molecule has 3 nitrogen and oxygen atoms in total. The van der Waals surface area contributed by atoms with Gasteiger partial charge in [0.05, 0.1) is 0 Å². The third-order valence-electron chi connectivity index (χ3n) is 3.62. The maximum atomic E-state index is 5.80. The fourth-order valence-corrected chi connectivity index (χ4v) is 3.89. The lowest BCUT2D eigenvalue weighted by Gasteiger charge is -2.35. The molecular formula is C17H28N2OS. The number of nitrogens with zero attached hydrogens (tertiary/aromatic N) is 1. The van der Waals surface area contributed by atoms with Crippen LogP contribution >= 0.6 is 11.8 Å². The highest BCUT2D eigenvalue weighted by molar-refractivity contribution is 7.99. The van der Waals surface area contributed by atoms with Gasteiger partial charge in [0.1, 0.15) is 12.4 Å². The maximum absolute atomic E-state index is 5.80. The van der Waals surface area contributed by atoms with Crippen LogP contribution in [0.1, 0.15) is 20.3 Å². The Labute approximate surface area is 133 Å². The zero-order valence-corrected chi connectivity index (χ0v) is 14.5. The number of nitrogens with one attached hydrogen (secondary N) is 1. The predicted octanol–water partition coefficient (Wildman–Crippen LogP) is 3.57. The lowest BCUT2D eigenvalue weighted by atomic mass is 9.88. The van der Waals surface area contributed by atoms with Crippen molar-refractivity contribution in [3.05, 3.63) is 24.3 Å². The summed E-state index contributed by atoms with van der Waals surface area (Å²) in [7, 11) is 4.12. The smallest absolute Gasteiger partial charge is 0.121 e. The first kappa shape index (κ1) is 16.5. The van der Waals surface area contributed by atoms with Crippen LogP contribution < -0.4 is 10.1 Å². The Balaban J connectivity index is 1.88. The van der Waals surface area contributed by atoms with Crippen LogP contribution in [0.3, 0.4) is 0 Å². The topological polar surface area (TPSA) is 24.5 Å². The molecule has 0 spiro atoms. The zero-order valence-electron chi connectivity index (χ0n) is 13.7. The molecule has 1 saturated heterocycles. The van der Waals surface area contributed by atoms with E-state index in [1.54, 1.807) is 0 Å². The lowest BCUT2D eigenvalue weighted by molar-refractivity contribution is 0.261. The summed E-state index contributed by atoms with van der Waals surface area (Å²) < 4.78 is 5.80. The second kappa shape index (κ2) is 7.41. The summed E-state index contributed by atoms with van der Waals surface area (Å²) in [5, 5.41) is 3.66. The number of benzene rings is 1. The Hall–Kier alpha value is -0.870. The molecule has 1 heterocycles. The number of anilines is 1. The molecule has 1 aromatic rings. The molecule has 21 heavy (non-hydrogen) atoms. The van der Waals surface area contributed by atoms with Crippen LogP contribution in [0.4, 0.5) is 5.69 Å². The van der Waals surface area contributed by atoms with E-state index in [9.17, 15) is 0 Å².